The molecule has 0 bridgehead atoms. The van der Waals surface area contributed by atoms with Crippen LogP contribution in [0.2, 0.25) is 0 Å². The van der Waals surface area contributed by atoms with Crippen LogP contribution in [0.25, 0.3) is 0 Å². The Bertz CT molecular complexity index is 474. The molecular formula is C14H19ClF2N2O. The van der Waals surface area contributed by atoms with E-state index in [1.54, 1.807) is 0 Å². The summed E-state index contributed by atoms with van der Waals surface area (Å²) in [6.07, 6.45) is 0.945. The summed E-state index contributed by atoms with van der Waals surface area (Å²) in [7, 11) is 0. The molecule has 3 nitrogen and oxygen atoms in total. The normalized spacial score (nSPS) is 25.7. The average molecular weight is 305 g/mol. The van der Waals surface area contributed by atoms with Crippen molar-refractivity contribution in [2.75, 3.05) is 6.54 Å². The van der Waals surface area contributed by atoms with Crippen LogP contribution in [0, 0.1) is 17.6 Å². The summed E-state index contributed by atoms with van der Waals surface area (Å²) in [5.41, 5.74) is -0.245. The van der Waals surface area contributed by atoms with Crippen LogP contribution < -0.4 is 10.6 Å². The van der Waals surface area contributed by atoms with Crippen molar-refractivity contribution in [3.05, 3.63) is 35.4 Å². The van der Waals surface area contributed by atoms with Gasteiger partial charge >= 0.3 is 0 Å². The van der Waals surface area contributed by atoms with Gasteiger partial charge in [0, 0.05) is 12.1 Å². The average Bonchev–Trinajstić information content (AvgIpc) is 2.37. The first kappa shape index (κ1) is 16.9. The Labute approximate surface area is 123 Å². The molecular weight excluding hydrogens is 286 g/mol. The second-order valence-electron chi connectivity index (χ2n) is 5.11. The molecule has 1 amide bonds. The molecule has 0 radical (unpaired) electrons. The maximum atomic E-state index is 13.5. The zero-order chi connectivity index (χ0) is 14.0. The molecule has 1 aromatic rings. The van der Waals surface area contributed by atoms with E-state index in [2.05, 4.69) is 10.6 Å². The maximum absolute atomic E-state index is 13.5. The summed E-state index contributed by atoms with van der Waals surface area (Å²) in [4.78, 5) is 12.0. The second kappa shape index (κ2) is 6.99. The fourth-order valence-electron chi connectivity index (χ4n) is 2.51. The lowest BCUT2D eigenvalue weighted by Gasteiger charge is -2.36. The molecule has 112 valence electrons. The molecule has 6 heteroatoms. The topological polar surface area (TPSA) is 41.1 Å². The fourth-order valence-corrected chi connectivity index (χ4v) is 2.51. The number of hydrogen-bond acceptors (Lipinski definition) is 2. The van der Waals surface area contributed by atoms with E-state index in [-0.39, 0.29) is 30.1 Å². The van der Waals surface area contributed by atoms with Crippen LogP contribution in [-0.4, -0.2) is 24.5 Å². The van der Waals surface area contributed by atoms with Gasteiger partial charge in [-0.3, -0.25) is 4.79 Å². The zero-order valence-electron chi connectivity index (χ0n) is 11.5. The Balaban J connectivity index is 0.00000200. The number of hydrogen-bond donors (Lipinski definition) is 2. The molecule has 3 atom stereocenters. The Morgan fingerprint density at radius 3 is 2.70 bits per heavy atom. The minimum absolute atomic E-state index is 0. The third-order valence-electron chi connectivity index (χ3n) is 3.71. The van der Waals surface area contributed by atoms with E-state index < -0.39 is 17.5 Å². The van der Waals surface area contributed by atoms with Gasteiger partial charge in [0.2, 0.25) is 0 Å². The first-order chi connectivity index (χ1) is 9.00. The van der Waals surface area contributed by atoms with Crippen molar-refractivity contribution in [1.29, 1.82) is 0 Å². The number of nitrogens with one attached hydrogen (secondary N) is 2. The number of piperidine rings is 1. The molecule has 1 saturated heterocycles. The van der Waals surface area contributed by atoms with Gasteiger partial charge in [0.1, 0.15) is 0 Å². The molecule has 20 heavy (non-hydrogen) atoms. The molecule has 0 saturated carbocycles. The van der Waals surface area contributed by atoms with Crippen LogP contribution in [0.15, 0.2) is 18.2 Å². The first-order valence-corrected chi connectivity index (χ1v) is 6.49. The molecule has 1 aromatic carbocycles. The van der Waals surface area contributed by atoms with Crippen molar-refractivity contribution in [2.24, 2.45) is 5.92 Å². The molecule has 0 spiro atoms. The number of benzene rings is 1. The quantitative estimate of drug-likeness (QED) is 0.881. The third-order valence-corrected chi connectivity index (χ3v) is 3.71. The SMILES string of the molecule is CC1CCNC(C)C1NC(=O)c1cccc(F)c1F.Cl. The Morgan fingerprint density at radius 1 is 1.35 bits per heavy atom. The Morgan fingerprint density at radius 2 is 2.05 bits per heavy atom. The van der Waals surface area contributed by atoms with Gasteiger partial charge in [0.25, 0.3) is 5.91 Å². The summed E-state index contributed by atoms with van der Waals surface area (Å²) in [6, 6.07) is 3.66. The van der Waals surface area contributed by atoms with E-state index in [4.69, 9.17) is 0 Å². The highest BCUT2D eigenvalue weighted by Gasteiger charge is 2.29. The Kier molecular flexibility index (Phi) is 5.89. The van der Waals surface area contributed by atoms with Crippen LogP contribution in [0.5, 0.6) is 0 Å². The lowest BCUT2D eigenvalue weighted by Crippen LogP contribution is -2.56. The lowest BCUT2D eigenvalue weighted by molar-refractivity contribution is 0.0892. The van der Waals surface area contributed by atoms with Crippen molar-refractivity contribution in [1.82, 2.24) is 10.6 Å². The van der Waals surface area contributed by atoms with Gasteiger partial charge in [-0.1, -0.05) is 13.0 Å². The van der Waals surface area contributed by atoms with Crippen molar-refractivity contribution in [3.63, 3.8) is 0 Å². The molecule has 0 aliphatic carbocycles. The highest BCUT2D eigenvalue weighted by molar-refractivity contribution is 5.94. The van der Waals surface area contributed by atoms with Gasteiger partial charge in [0.05, 0.1) is 5.56 Å². The maximum Gasteiger partial charge on any atom is 0.254 e. The Hall–Kier alpha value is -1.20. The molecule has 1 aliphatic heterocycles. The van der Waals surface area contributed by atoms with Crippen molar-refractivity contribution in [2.45, 2.75) is 32.4 Å². The molecule has 2 rings (SSSR count). The van der Waals surface area contributed by atoms with Crippen LogP contribution in [0.1, 0.15) is 30.6 Å². The van der Waals surface area contributed by atoms with E-state index in [0.29, 0.717) is 5.92 Å². The largest absolute Gasteiger partial charge is 0.347 e. The molecule has 0 aromatic heterocycles. The minimum atomic E-state index is -1.09. The second-order valence-corrected chi connectivity index (χ2v) is 5.11. The fraction of sp³-hybridized carbons (Fsp3) is 0.500. The van der Waals surface area contributed by atoms with E-state index in [0.717, 1.165) is 19.0 Å². The first-order valence-electron chi connectivity index (χ1n) is 6.49. The summed E-state index contributed by atoms with van der Waals surface area (Å²) in [5, 5.41) is 6.06. The molecule has 2 N–H and O–H groups in total. The number of carbonyl (C=O) groups excluding carboxylic acids is 1. The molecule has 1 heterocycles. The predicted octanol–water partition coefficient (Wildman–Crippen LogP) is 2.50. The summed E-state index contributed by atoms with van der Waals surface area (Å²) >= 11 is 0. The monoisotopic (exact) mass is 304 g/mol. The van der Waals surface area contributed by atoms with Crippen LogP contribution in [-0.2, 0) is 0 Å². The lowest BCUT2D eigenvalue weighted by atomic mass is 9.89. The van der Waals surface area contributed by atoms with Gasteiger partial charge in [-0.2, -0.15) is 0 Å². The molecule has 3 unspecified atom stereocenters. The van der Waals surface area contributed by atoms with E-state index in [1.165, 1.54) is 12.1 Å². The summed E-state index contributed by atoms with van der Waals surface area (Å²) < 4.78 is 26.7. The van der Waals surface area contributed by atoms with Gasteiger partial charge < -0.3 is 10.6 Å². The van der Waals surface area contributed by atoms with Crippen molar-refractivity contribution >= 4 is 18.3 Å². The standard InChI is InChI=1S/C14H18F2N2O.ClH/c1-8-6-7-17-9(2)13(8)18-14(19)10-4-3-5-11(15)12(10)16;/h3-5,8-9,13,17H,6-7H2,1-2H3,(H,18,19);1H. The van der Waals surface area contributed by atoms with E-state index in [1.807, 2.05) is 13.8 Å². The molecule has 1 fully saturated rings. The number of rotatable bonds is 2. The summed E-state index contributed by atoms with van der Waals surface area (Å²) in [5.74, 6) is -2.36. The van der Waals surface area contributed by atoms with Crippen LogP contribution >= 0.6 is 12.4 Å². The highest BCUT2D eigenvalue weighted by atomic mass is 35.5. The number of halogens is 3. The van der Waals surface area contributed by atoms with E-state index in [9.17, 15) is 13.6 Å². The van der Waals surface area contributed by atoms with E-state index >= 15 is 0 Å². The zero-order valence-corrected chi connectivity index (χ0v) is 12.3. The number of amides is 1. The highest BCUT2D eigenvalue weighted by Crippen LogP contribution is 2.18. The summed E-state index contributed by atoms with van der Waals surface area (Å²) in [6.45, 7) is 4.93. The minimum Gasteiger partial charge on any atom is -0.347 e. The van der Waals surface area contributed by atoms with Crippen LogP contribution in [0.4, 0.5) is 8.78 Å². The van der Waals surface area contributed by atoms with Gasteiger partial charge in [0.15, 0.2) is 11.6 Å². The van der Waals surface area contributed by atoms with Gasteiger partial charge in [-0.15, -0.1) is 12.4 Å². The van der Waals surface area contributed by atoms with Crippen molar-refractivity contribution < 1.29 is 13.6 Å². The molecule has 1 aliphatic rings. The number of carbonyl (C=O) groups is 1. The predicted molar refractivity (Wildman–Crippen MR) is 76.1 cm³/mol. The third kappa shape index (κ3) is 3.46. The van der Waals surface area contributed by atoms with Gasteiger partial charge in [-0.25, -0.2) is 8.78 Å². The smallest absolute Gasteiger partial charge is 0.254 e. The van der Waals surface area contributed by atoms with Gasteiger partial charge in [-0.05, 0) is 37.9 Å². The van der Waals surface area contributed by atoms with Crippen LogP contribution in [0.3, 0.4) is 0 Å². The van der Waals surface area contributed by atoms with Crippen molar-refractivity contribution in [3.8, 4) is 0 Å².